The Balaban J connectivity index is 1.97. The topological polar surface area (TPSA) is 82.7 Å². The quantitative estimate of drug-likeness (QED) is 0.706. The maximum absolute atomic E-state index is 10.6. The lowest BCUT2D eigenvalue weighted by atomic mass is 10.3. The third-order valence-corrected chi connectivity index (χ3v) is 2.23. The highest BCUT2D eigenvalue weighted by molar-refractivity contribution is 5.87. The van der Waals surface area contributed by atoms with E-state index in [4.69, 9.17) is 14.6 Å². The van der Waals surface area contributed by atoms with Crippen LogP contribution < -0.4 is 5.32 Å². The Hall–Kier alpha value is -2.43. The van der Waals surface area contributed by atoms with E-state index in [-0.39, 0.29) is 11.3 Å². The third kappa shape index (κ3) is 2.78. The zero-order valence-corrected chi connectivity index (χ0v) is 8.88. The van der Waals surface area contributed by atoms with Gasteiger partial charge >= 0.3 is 5.97 Å². The lowest BCUT2D eigenvalue weighted by Crippen LogP contribution is -1.98. The molecule has 1 aromatic carbocycles. The number of aromatic carboxylic acids is 1. The molecule has 1 aromatic heterocycles. The van der Waals surface area contributed by atoms with Crippen molar-refractivity contribution in [2.45, 2.75) is 6.54 Å². The van der Waals surface area contributed by atoms with E-state index in [1.54, 1.807) is 24.3 Å². The molecular formula is C12H11NO4. The summed E-state index contributed by atoms with van der Waals surface area (Å²) >= 11 is 0. The average molecular weight is 233 g/mol. The number of rotatable bonds is 4. The van der Waals surface area contributed by atoms with Crippen LogP contribution in [0.3, 0.4) is 0 Å². The molecule has 0 amide bonds. The summed E-state index contributed by atoms with van der Waals surface area (Å²) in [5.74, 6) is -0.276. The summed E-state index contributed by atoms with van der Waals surface area (Å²) < 4.78 is 5.08. The maximum Gasteiger partial charge on any atom is 0.338 e. The molecule has 0 saturated heterocycles. The smallest absolute Gasteiger partial charge is 0.338 e. The molecule has 2 rings (SSSR count). The van der Waals surface area contributed by atoms with Crippen molar-refractivity contribution >= 4 is 11.7 Å². The van der Waals surface area contributed by atoms with Gasteiger partial charge in [-0.15, -0.1) is 0 Å². The van der Waals surface area contributed by atoms with Crippen LogP contribution in [0.25, 0.3) is 0 Å². The molecule has 0 spiro atoms. The van der Waals surface area contributed by atoms with Gasteiger partial charge in [-0.2, -0.15) is 0 Å². The van der Waals surface area contributed by atoms with Crippen LogP contribution in [-0.2, 0) is 6.54 Å². The van der Waals surface area contributed by atoms with Gasteiger partial charge in [0.2, 0.25) is 0 Å². The normalized spacial score (nSPS) is 10.1. The van der Waals surface area contributed by atoms with Crippen molar-refractivity contribution < 1.29 is 19.4 Å². The van der Waals surface area contributed by atoms with Crippen molar-refractivity contribution in [1.82, 2.24) is 0 Å². The Morgan fingerprint density at radius 1 is 1.29 bits per heavy atom. The maximum atomic E-state index is 10.6. The molecule has 88 valence electrons. The third-order valence-electron chi connectivity index (χ3n) is 2.23. The summed E-state index contributed by atoms with van der Waals surface area (Å²) in [5, 5.41) is 20.8. The van der Waals surface area contributed by atoms with Crippen LogP contribution in [0, 0.1) is 0 Å². The zero-order valence-electron chi connectivity index (χ0n) is 8.88. The molecule has 0 unspecified atom stereocenters. The van der Waals surface area contributed by atoms with Gasteiger partial charge in [0.1, 0.15) is 17.8 Å². The predicted molar refractivity (Wildman–Crippen MR) is 61.1 cm³/mol. The number of carboxylic acids is 1. The molecule has 2 aromatic rings. The molecule has 0 fully saturated rings. The number of benzene rings is 1. The number of aromatic hydroxyl groups is 1. The second-order valence-corrected chi connectivity index (χ2v) is 3.51. The molecule has 0 bridgehead atoms. The zero-order chi connectivity index (χ0) is 12.3. The molecule has 0 aliphatic rings. The van der Waals surface area contributed by atoms with Gasteiger partial charge in [-0.1, -0.05) is 0 Å². The van der Waals surface area contributed by atoms with Crippen LogP contribution in [0.1, 0.15) is 16.1 Å². The highest BCUT2D eigenvalue weighted by Gasteiger charge is 2.07. The van der Waals surface area contributed by atoms with E-state index >= 15 is 0 Å². The lowest BCUT2D eigenvalue weighted by Gasteiger charge is -2.03. The molecule has 3 N–H and O–H groups in total. The van der Waals surface area contributed by atoms with Crippen LogP contribution >= 0.6 is 0 Å². The standard InChI is InChI=1S/C12H11NO4/c14-10-3-1-9(2-4-10)13-6-11-5-8(7-17-11)12(15)16/h1-5,7,13-14H,6H2,(H,15,16). The van der Waals surface area contributed by atoms with Crippen LogP contribution in [0.4, 0.5) is 5.69 Å². The molecule has 0 radical (unpaired) electrons. The second-order valence-electron chi connectivity index (χ2n) is 3.51. The van der Waals surface area contributed by atoms with Gasteiger partial charge < -0.3 is 19.9 Å². The lowest BCUT2D eigenvalue weighted by molar-refractivity contribution is 0.0696. The van der Waals surface area contributed by atoms with Crippen molar-refractivity contribution in [3.05, 3.63) is 47.9 Å². The summed E-state index contributed by atoms with van der Waals surface area (Å²) in [6.45, 7) is 0.387. The highest BCUT2D eigenvalue weighted by atomic mass is 16.4. The van der Waals surface area contributed by atoms with Crippen molar-refractivity contribution in [2.75, 3.05) is 5.32 Å². The number of phenolic OH excluding ortho intramolecular Hbond substituents is 1. The van der Waals surface area contributed by atoms with E-state index in [9.17, 15) is 4.79 Å². The number of carboxylic acid groups (broad SMARTS) is 1. The fourth-order valence-electron chi connectivity index (χ4n) is 1.35. The Bertz CT molecular complexity index is 516. The number of nitrogens with one attached hydrogen (secondary N) is 1. The van der Waals surface area contributed by atoms with Crippen molar-refractivity contribution in [3.8, 4) is 5.75 Å². The first-order chi connectivity index (χ1) is 8.15. The molecule has 0 aliphatic carbocycles. The minimum atomic E-state index is -1.01. The molecule has 5 heteroatoms. The molecular weight excluding hydrogens is 222 g/mol. The largest absolute Gasteiger partial charge is 0.508 e. The fourth-order valence-corrected chi connectivity index (χ4v) is 1.35. The first-order valence-corrected chi connectivity index (χ1v) is 4.99. The number of furan rings is 1. The monoisotopic (exact) mass is 233 g/mol. The molecule has 5 nitrogen and oxygen atoms in total. The summed E-state index contributed by atoms with van der Waals surface area (Å²) in [5.41, 5.74) is 0.948. The minimum absolute atomic E-state index is 0.132. The highest BCUT2D eigenvalue weighted by Crippen LogP contribution is 2.15. The first kappa shape index (κ1) is 11.1. The predicted octanol–water partition coefficient (Wildman–Crippen LogP) is 2.30. The summed E-state index contributed by atoms with van der Waals surface area (Å²) in [6, 6.07) is 8.03. The van der Waals surface area contributed by atoms with Crippen molar-refractivity contribution in [1.29, 1.82) is 0 Å². The number of hydrogen-bond donors (Lipinski definition) is 3. The summed E-state index contributed by atoms with van der Waals surface area (Å²) in [6.07, 6.45) is 1.20. The van der Waals surface area contributed by atoms with Gasteiger partial charge in [0.15, 0.2) is 0 Å². The van der Waals surface area contributed by atoms with E-state index in [1.165, 1.54) is 12.3 Å². The number of carbonyl (C=O) groups is 1. The molecule has 1 heterocycles. The molecule has 0 atom stereocenters. The van der Waals surface area contributed by atoms with E-state index in [1.807, 2.05) is 0 Å². The van der Waals surface area contributed by atoms with Gasteiger partial charge in [-0.25, -0.2) is 4.79 Å². The van der Waals surface area contributed by atoms with Gasteiger partial charge in [0.05, 0.1) is 12.1 Å². The van der Waals surface area contributed by atoms with E-state index in [0.29, 0.717) is 12.3 Å². The molecule has 17 heavy (non-hydrogen) atoms. The van der Waals surface area contributed by atoms with Gasteiger partial charge in [0, 0.05) is 5.69 Å². The van der Waals surface area contributed by atoms with Crippen LogP contribution in [-0.4, -0.2) is 16.2 Å². The SMILES string of the molecule is O=C(O)c1coc(CNc2ccc(O)cc2)c1. The Labute approximate surface area is 97.3 Å². The van der Waals surface area contributed by atoms with Crippen LogP contribution in [0.15, 0.2) is 41.0 Å². The first-order valence-electron chi connectivity index (χ1n) is 4.99. The number of hydrogen-bond acceptors (Lipinski definition) is 4. The molecule has 0 saturated carbocycles. The summed E-state index contributed by atoms with van der Waals surface area (Å²) in [4.78, 5) is 10.6. The van der Waals surface area contributed by atoms with E-state index in [2.05, 4.69) is 5.32 Å². The van der Waals surface area contributed by atoms with Gasteiger partial charge in [0.25, 0.3) is 0 Å². The van der Waals surface area contributed by atoms with Gasteiger partial charge in [-0.3, -0.25) is 0 Å². The molecule has 0 aliphatic heterocycles. The van der Waals surface area contributed by atoms with E-state index < -0.39 is 5.97 Å². The minimum Gasteiger partial charge on any atom is -0.508 e. The Kier molecular flexibility index (Phi) is 3.00. The number of phenols is 1. The average Bonchev–Trinajstić information content (AvgIpc) is 2.77. The van der Waals surface area contributed by atoms with E-state index in [0.717, 1.165) is 5.69 Å². The summed E-state index contributed by atoms with van der Waals surface area (Å²) in [7, 11) is 0. The fraction of sp³-hybridized carbons (Fsp3) is 0.0833. The Morgan fingerprint density at radius 2 is 2.00 bits per heavy atom. The van der Waals surface area contributed by atoms with Crippen molar-refractivity contribution in [2.24, 2.45) is 0 Å². The van der Waals surface area contributed by atoms with Crippen molar-refractivity contribution in [3.63, 3.8) is 0 Å². The van der Waals surface area contributed by atoms with Crippen LogP contribution in [0.2, 0.25) is 0 Å². The van der Waals surface area contributed by atoms with Crippen LogP contribution in [0.5, 0.6) is 5.75 Å². The number of anilines is 1. The Morgan fingerprint density at radius 3 is 2.59 bits per heavy atom. The van der Waals surface area contributed by atoms with Gasteiger partial charge in [-0.05, 0) is 30.3 Å². The second kappa shape index (κ2) is 4.61.